The Morgan fingerprint density at radius 3 is 2.37 bits per heavy atom. The average Bonchev–Trinajstić information content (AvgIpc) is 3.41. The molecule has 0 radical (unpaired) electrons. The van der Waals surface area contributed by atoms with Crippen LogP contribution in [-0.2, 0) is 0 Å². The van der Waals surface area contributed by atoms with E-state index in [1.807, 2.05) is 28.9 Å². The van der Waals surface area contributed by atoms with E-state index in [-0.39, 0.29) is 17.7 Å². The van der Waals surface area contributed by atoms with E-state index < -0.39 is 0 Å². The molecule has 0 spiro atoms. The largest absolute Gasteiger partial charge is 0.472 e. The molecule has 0 bridgehead atoms. The molecule has 2 saturated heterocycles. The van der Waals surface area contributed by atoms with Gasteiger partial charge in [0.05, 0.1) is 23.1 Å². The lowest BCUT2D eigenvalue weighted by molar-refractivity contribution is 0.0706. The van der Waals surface area contributed by atoms with Gasteiger partial charge >= 0.3 is 0 Å². The van der Waals surface area contributed by atoms with Gasteiger partial charge in [-0.25, -0.2) is 0 Å². The molecule has 2 aromatic heterocycles. The monoisotopic (exact) mass is 367 g/mol. The van der Waals surface area contributed by atoms with Gasteiger partial charge in [0.25, 0.3) is 11.8 Å². The molecular weight excluding hydrogens is 342 g/mol. The van der Waals surface area contributed by atoms with Gasteiger partial charge in [0, 0.05) is 37.8 Å². The Kier molecular flexibility index (Phi) is 4.97. The second-order valence-corrected chi connectivity index (χ2v) is 7.46. The van der Waals surface area contributed by atoms with Crippen molar-refractivity contribution in [3.63, 3.8) is 0 Å². The first kappa shape index (κ1) is 17.8. The van der Waals surface area contributed by atoms with Crippen LogP contribution in [0.4, 0.5) is 0 Å². The maximum Gasteiger partial charge on any atom is 0.257 e. The molecule has 4 rings (SSSR count). The summed E-state index contributed by atoms with van der Waals surface area (Å²) in [5, 5.41) is 0. The highest BCUT2D eigenvalue weighted by atomic mass is 16.3. The molecule has 2 aliphatic rings. The predicted molar refractivity (Wildman–Crippen MR) is 101 cm³/mol. The summed E-state index contributed by atoms with van der Waals surface area (Å²) >= 11 is 0. The van der Waals surface area contributed by atoms with Gasteiger partial charge in [-0.2, -0.15) is 0 Å². The Morgan fingerprint density at radius 1 is 1.00 bits per heavy atom. The Labute approximate surface area is 159 Å². The van der Waals surface area contributed by atoms with Crippen molar-refractivity contribution >= 4 is 11.8 Å². The lowest BCUT2D eigenvalue weighted by Gasteiger charge is -2.32. The van der Waals surface area contributed by atoms with E-state index in [0.717, 1.165) is 55.7 Å². The Morgan fingerprint density at radius 2 is 1.70 bits per heavy atom. The topological polar surface area (TPSA) is 66.7 Å². The highest BCUT2D eigenvalue weighted by Crippen LogP contribution is 2.31. The van der Waals surface area contributed by atoms with Crippen molar-refractivity contribution < 1.29 is 14.0 Å². The van der Waals surface area contributed by atoms with Crippen molar-refractivity contribution in [1.29, 1.82) is 0 Å². The summed E-state index contributed by atoms with van der Waals surface area (Å²) in [6, 6.07) is 5.55. The van der Waals surface area contributed by atoms with Gasteiger partial charge in [0.2, 0.25) is 0 Å². The van der Waals surface area contributed by atoms with Crippen LogP contribution >= 0.6 is 0 Å². The number of piperidine rings is 1. The Bertz CT molecular complexity index is 817. The van der Waals surface area contributed by atoms with E-state index in [4.69, 9.17) is 9.40 Å². The first-order valence-corrected chi connectivity index (χ1v) is 9.72. The van der Waals surface area contributed by atoms with Gasteiger partial charge in [-0.05, 0) is 50.8 Å². The third kappa shape index (κ3) is 3.61. The zero-order valence-corrected chi connectivity index (χ0v) is 15.7. The number of carbonyl (C=O) groups is 2. The van der Waals surface area contributed by atoms with Gasteiger partial charge in [-0.15, -0.1) is 0 Å². The van der Waals surface area contributed by atoms with Crippen LogP contribution in [0, 0.1) is 6.92 Å². The number of hydrogen-bond donors (Lipinski definition) is 0. The fourth-order valence-corrected chi connectivity index (χ4v) is 4.08. The van der Waals surface area contributed by atoms with Crippen LogP contribution in [0.1, 0.15) is 63.7 Å². The highest BCUT2D eigenvalue weighted by molar-refractivity contribution is 5.96. The fraction of sp³-hybridized carbons (Fsp3) is 0.476. The summed E-state index contributed by atoms with van der Waals surface area (Å²) in [4.78, 5) is 34.0. The molecule has 27 heavy (non-hydrogen) atoms. The summed E-state index contributed by atoms with van der Waals surface area (Å²) in [5.41, 5.74) is 3.16. The molecule has 2 aromatic rings. The molecule has 142 valence electrons. The Balaban J connectivity index is 1.50. The molecule has 2 amide bonds. The number of pyridine rings is 1. The smallest absolute Gasteiger partial charge is 0.257 e. The summed E-state index contributed by atoms with van der Waals surface area (Å²) in [7, 11) is 0. The second kappa shape index (κ2) is 7.55. The Hall–Kier alpha value is -2.63. The number of likely N-dealkylation sites (tertiary alicyclic amines) is 2. The van der Waals surface area contributed by atoms with Gasteiger partial charge in [-0.3, -0.25) is 14.6 Å². The first-order chi connectivity index (χ1) is 13.1. The standard InChI is InChI=1S/C21H25N3O3/c1-15-4-5-18(21(26)23-9-2-3-10-23)19(22-15)16-6-11-24(12-7-16)20(25)17-8-13-27-14-17/h4-5,8,13-14,16H,2-3,6-7,9-12H2,1H3. The van der Waals surface area contributed by atoms with Gasteiger partial charge in [0.15, 0.2) is 0 Å². The third-order valence-corrected chi connectivity index (χ3v) is 5.62. The van der Waals surface area contributed by atoms with Crippen LogP contribution in [0.5, 0.6) is 0 Å². The minimum absolute atomic E-state index is 0.00719. The number of furan rings is 1. The lowest BCUT2D eigenvalue weighted by Crippen LogP contribution is -2.38. The van der Waals surface area contributed by atoms with Gasteiger partial charge in [-0.1, -0.05) is 0 Å². The second-order valence-electron chi connectivity index (χ2n) is 7.46. The van der Waals surface area contributed by atoms with Crippen molar-refractivity contribution in [3.05, 3.63) is 53.2 Å². The molecular formula is C21H25N3O3. The number of rotatable bonds is 3. The number of nitrogens with zero attached hydrogens (tertiary/aromatic N) is 3. The molecule has 2 aliphatic heterocycles. The summed E-state index contributed by atoms with van der Waals surface area (Å²) in [6.45, 7) is 4.97. The fourth-order valence-electron chi connectivity index (χ4n) is 4.08. The number of amides is 2. The number of aryl methyl sites for hydroxylation is 1. The number of hydrogen-bond acceptors (Lipinski definition) is 4. The minimum atomic E-state index is 0.00719. The highest BCUT2D eigenvalue weighted by Gasteiger charge is 2.30. The van der Waals surface area contributed by atoms with Crippen molar-refractivity contribution in [2.24, 2.45) is 0 Å². The maximum absolute atomic E-state index is 13.0. The zero-order chi connectivity index (χ0) is 18.8. The van der Waals surface area contributed by atoms with Crippen LogP contribution in [0.3, 0.4) is 0 Å². The van der Waals surface area contributed by atoms with E-state index in [1.165, 1.54) is 12.5 Å². The normalized spacial score (nSPS) is 18.1. The SMILES string of the molecule is Cc1ccc(C(=O)N2CCCC2)c(C2CCN(C(=O)c3ccoc3)CC2)n1. The van der Waals surface area contributed by atoms with Crippen molar-refractivity contribution in [3.8, 4) is 0 Å². The quantitative estimate of drug-likeness (QED) is 0.835. The van der Waals surface area contributed by atoms with Crippen LogP contribution in [-0.4, -0.2) is 52.8 Å². The van der Waals surface area contributed by atoms with E-state index in [0.29, 0.717) is 18.7 Å². The van der Waals surface area contributed by atoms with Crippen LogP contribution in [0.25, 0.3) is 0 Å². The third-order valence-electron chi connectivity index (χ3n) is 5.62. The maximum atomic E-state index is 13.0. The van der Waals surface area contributed by atoms with Crippen molar-refractivity contribution in [2.75, 3.05) is 26.2 Å². The van der Waals surface area contributed by atoms with Crippen molar-refractivity contribution in [1.82, 2.24) is 14.8 Å². The minimum Gasteiger partial charge on any atom is -0.472 e. The molecule has 0 N–H and O–H groups in total. The molecule has 0 aromatic carbocycles. The molecule has 0 atom stereocenters. The van der Waals surface area contributed by atoms with E-state index >= 15 is 0 Å². The predicted octanol–water partition coefficient (Wildman–Crippen LogP) is 3.24. The first-order valence-electron chi connectivity index (χ1n) is 9.72. The van der Waals surface area contributed by atoms with E-state index in [2.05, 4.69) is 0 Å². The van der Waals surface area contributed by atoms with Crippen molar-refractivity contribution in [2.45, 2.75) is 38.5 Å². The molecule has 6 nitrogen and oxygen atoms in total. The van der Waals surface area contributed by atoms with Gasteiger partial charge < -0.3 is 14.2 Å². The van der Waals surface area contributed by atoms with E-state index in [1.54, 1.807) is 6.07 Å². The molecule has 2 fully saturated rings. The number of aromatic nitrogens is 1. The number of carbonyl (C=O) groups excluding carboxylic acids is 2. The average molecular weight is 367 g/mol. The zero-order valence-electron chi connectivity index (χ0n) is 15.7. The molecule has 4 heterocycles. The van der Waals surface area contributed by atoms with Crippen LogP contribution < -0.4 is 0 Å². The lowest BCUT2D eigenvalue weighted by atomic mass is 9.89. The molecule has 0 unspecified atom stereocenters. The molecule has 0 aliphatic carbocycles. The van der Waals surface area contributed by atoms with Gasteiger partial charge in [0.1, 0.15) is 6.26 Å². The van der Waals surface area contributed by atoms with Crippen LogP contribution in [0.2, 0.25) is 0 Å². The molecule has 6 heteroatoms. The summed E-state index contributed by atoms with van der Waals surface area (Å²) in [6.07, 6.45) is 6.81. The summed E-state index contributed by atoms with van der Waals surface area (Å²) < 4.78 is 5.02. The van der Waals surface area contributed by atoms with Crippen LogP contribution in [0.15, 0.2) is 35.1 Å². The molecule has 0 saturated carbocycles. The van der Waals surface area contributed by atoms with E-state index in [9.17, 15) is 9.59 Å². The summed E-state index contributed by atoms with van der Waals surface area (Å²) in [5.74, 6) is 0.319.